The summed E-state index contributed by atoms with van der Waals surface area (Å²) in [5.74, 6) is 0. The van der Waals surface area contributed by atoms with Crippen molar-refractivity contribution >= 4 is 27.3 Å². The van der Waals surface area contributed by atoms with Crippen molar-refractivity contribution in [1.29, 1.82) is 0 Å². The molecule has 1 N–H and O–H groups in total. The maximum absolute atomic E-state index is 3.55. The summed E-state index contributed by atoms with van der Waals surface area (Å²) < 4.78 is 1.19. The van der Waals surface area contributed by atoms with Gasteiger partial charge in [-0.1, -0.05) is 20.3 Å². The first-order valence-corrected chi connectivity index (χ1v) is 9.02. The molecular formula is C15H27BrN2S. The van der Waals surface area contributed by atoms with Crippen molar-refractivity contribution < 1.29 is 0 Å². The molecule has 1 aromatic heterocycles. The highest BCUT2D eigenvalue weighted by Crippen LogP contribution is 2.19. The minimum Gasteiger partial charge on any atom is -0.311 e. The lowest BCUT2D eigenvalue weighted by atomic mass is 10.2. The first-order valence-electron chi connectivity index (χ1n) is 7.35. The van der Waals surface area contributed by atoms with Gasteiger partial charge < -0.3 is 5.32 Å². The van der Waals surface area contributed by atoms with Crippen LogP contribution in [0, 0.1) is 0 Å². The molecule has 0 saturated carbocycles. The van der Waals surface area contributed by atoms with Crippen LogP contribution in [0.2, 0.25) is 0 Å². The van der Waals surface area contributed by atoms with Crippen LogP contribution >= 0.6 is 27.3 Å². The predicted octanol–water partition coefficient (Wildman–Crippen LogP) is 4.50. The van der Waals surface area contributed by atoms with Gasteiger partial charge in [0.15, 0.2) is 0 Å². The molecule has 0 fully saturated rings. The van der Waals surface area contributed by atoms with Crippen LogP contribution in [-0.4, -0.2) is 30.6 Å². The zero-order valence-electron chi connectivity index (χ0n) is 12.4. The third kappa shape index (κ3) is 6.89. The van der Waals surface area contributed by atoms with Crippen LogP contribution in [0.25, 0.3) is 0 Å². The van der Waals surface area contributed by atoms with E-state index in [4.69, 9.17) is 0 Å². The molecule has 110 valence electrons. The van der Waals surface area contributed by atoms with Crippen LogP contribution in [0.4, 0.5) is 0 Å². The molecule has 1 rings (SSSR count). The van der Waals surface area contributed by atoms with Crippen LogP contribution in [0.1, 0.15) is 44.9 Å². The Balaban J connectivity index is 2.23. The van der Waals surface area contributed by atoms with E-state index in [0.717, 1.165) is 19.6 Å². The third-order valence-corrected chi connectivity index (χ3v) is 5.21. The Morgan fingerprint density at radius 1 is 1.37 bits per heavy atom. The van der Waals surface area contributed by atoms with Crippen molar-refractivity contribution in [2.45, 2.75) is 52.6 Å². The fourth-order valence-corrected chi connectivity index (χ4v) is 3.47. The maximum atomic E-state index is 3.55. The van der Waals surface area contributed by atoms with Crippen molar-refractivity contribution in [2.75, 3.05) is 19.6 Å². The first kappa shape index (κ1) is 17.2. The van der Waals surface area contributed by atoms with Crippen molar-refractivity contribution in [1.82, 2.24) is 10.2 Å². The lowest BCUT2D eigenvalue weighted by Crippen LogP contribution is -2.38. The number of rotatable bonds is 10. The van der Waals surface area contributed by atoms with Crippen LogP contribution in [0.5, 0.6) is 0 Å². The van der Waals surface area contributed by atoms with E-state index in [2.05, 4.69) is 58.4 Å². The molecule has 1 atom stereocenters. The van der Waals surface area contributed by atoms with E-state index in [0.29, 0.717) is 6.04 Å². The number of hydrogen-bond acceptors (Lipinski definition) is 3. The van der Waals surface area contributed by atoms with E-state index < -0.39 is 0 Å². The normalized spacial score (nSPS) is 13.1. The van der Waals surface area contributed by atoms with E-state index in [1.807, 2.05) is 11.3 Å². The maximum Gasteiger partial charge on any atom is 0.0300 e. The summed E-state index contributed by atoms with van der Waals surface area (Å²) in [7, 11) is 0. The van der Waals surface area contributed by atoms with E-state index in [-0.39, 0.29) is 0 Å². The highest BCUT2D eigenvalue weighted by molar-refractivity contribution is 9.10. The highest BCUT2D eigenvalue weighted by atomic mass is 79.9. The number of halogens is 1. The molecule has 0 aliphatic heterocycles. The van der Waals surface area contributed by atoms with Gasteiger partial charge in [-0.3, -0.25) is 4.90 Å². The smallest absolute Gasteiger partial charge is 0.0300 e. The summed E-state index contributed by atoms with van der Waals surface area (Å²) in [5, 5.41) is 5.69. The van der Waals surface area contributed by atoms with E-state index in [1.165, 1.54) is 35.2 Å². The van der Waals surface area contributed by atoms with Crippen LogP contribution in [0.3, 0.4) is 0 Å². The minimum absolute atomic E-state index is 0.698. The van der Waals surface area contributed by atoms with Gasteiger partial charge in [0.1, 0.15) is 0 Å². The molecule has 0 spiro atoms. The molecule has 1 unspecified atom stereocenters. The fraction of sp³-hybridized carbons (Fsp3) is 0.733. The predicted molar refractivity (Wildman–Crippen MR) is 90.0 cm³/mol. The SMILES string of the molecule is CCCCN(CCNCc1cc(Br)cs1)C(C)CC. The molecule has 0 bridgehead atoms. The summed E-state index contributed by atoms with van der Waals surface area (Å²) in [6.45, 7) is 11.3. The van der Waals surface area contributed by atoms with Gasteiger partial charge in [-0.25, -0.2) is 0 Å². The number of nitrogens with zero attached hydrogens (tertiary/aromatic N) is 1. The van der Waals surface area contributed by atoms with Gasteiger partial charge >= 0.3 is 0 Å². The fourth-order valence-electron chi connectivity index (χ4n) is 2.05. The zero-order chi connectivity index (χ0) is 14.1. The summed E-state index contributed by atoms with van der Waals surface area (Å²) in [6.07, 6.45) is 3.83. The van der Waals surface area contributed by atoms with Gasteiger partial charge in [-0.2, -0.15) is 0 Å². The van der Waals surface area contributed by atoms with Crippen molar-refractivity contribution in [3.63, 3.8) is 0 Å². The highest BCUT2D eigenvalue weighted by Gasteiger charge is 2.10. The summed E-state index contributed by atoms with van der Waals surface area (Å²) in [5.41, 5.74) is 0. The summed E-state index contributed by atoms with van der Waals surface area (Å²) in [4.78, 5) is 4.01. The van der Waals surface area contributed by atoms with Crippen LogP contribution < -0.4 is 5.32 Å². The molecule has 0 aromatic carbocycles. The number of nitrogens with one attached hydrogen (secondary N) is 1. The first-order chi connectivity index (χ1) is 9.17. The van der Waals surface area contributed by atoms with Crippen molar-refractivity contribution in [3.8, 4) is 0 Å². The van der Waals surface area contributed by atoms with E-state index in [1.54, 1.807) is 0 Å². The van der Waals surface area contributed by atoms with Gasteiger partial charge in [-0.15, -0.1) is 11.3 Å². The average Bonchev–Trinajstić information content (AvgIpc) is 2.83. The number of thiophene rings is 1. The number of unbranched alkanes of at least 4 members (excludes halogenated alkanes) is 1. The van der Waals surface area contributed by atoms with Gasteiger partial charge in [0.2, 0.25) is 0 Å². The van der Waals surface area contributed by atoms with Crippen LogP contribution in [0.15, 0.2) is 15.9 Å². The third-order valence-electron chi connectivity index (χ3n) is 3.51. The average molecular weight is 347 g/mol. The Labute approximate surface area is 130 Å². The molecule has 19 heavy (non-hydrogen) atoms. The molecule has 0 saturated heterocycles. The lowest BCUT2D eigenvalue weighted by molar-refractivity contribution is 0.201. The van der Waals surface area contributed by atoms with Gasteiger partial charge in [0.05, 0.1) is 0 Å². The Bertz CT molecular complexity index is 341. The largest absolute Gasteiger partial charge is 0.311 e. The van der Waals surface area contributed by atoms with E-state index >= 15 is 0 Å². The standard InChI is InChI=1S/C15H27BrN2S/c1-4-6-8-18(13(3)5-2)9-7-17-11-15-10-14(16)12-19-15/h10,12-13,17H,4-9,11H2,1-3H3. The van der Waals surface area contributed by atoms with Crippen LogP contribution in [-0.2, 0) is 6.54 Å². The van der Waals surface area contributed by atoms with Crippen molar-refractivity contribution in [3.05, 3.63) is 20.8 Å². The van der Waals surface area contributed by atoms with Crippen molar-refractivity contribution in [2.24, 2.45) is 0 Å². The summed E-state index contributed by atoms with van der Waals surface area (Å²) >= 11 is 5.31. The Morgan fingerprint density at radius 3 is 2.74 bits per heavy atom. The molecule has 4 heteroatoms. The molecule has 1 aromatic rings. The van der Waals surface area contributed by atoms with Gasteiger partial charge in [-0.05, 0) is 48.3 Å². The van der Waals surface area contributed by atoms with E-state index in [9.17, 15) is 0 Å². The molecule has 0 radical (unpaired) electrons. The molecule has 0 amide bonds. The molecule has 0 aliphatic carbocycles. The quantitative estimate of drug-likeness (QED) is 0.627. The second-order valence-electron chi connectivity index (χ2n) is 5.05. The topological polar surface area (TPSA) is 15.3 Å². The molecule has 1 heterocycles. The lowest BCUT2D eigenvalue weighted by Gasteiger charge is -2.28. The van der Waals surface area contributed by atoms with Gasteiger partial charge in [0, 0.05) is 40.4 Å². The number of hydrogen-bond donors (Lipinski definition) is 1. The second-order valence-corrected chi connectivity index (χ2v) is 6.97. The second kappa shape index (κ2) is 9.92. The molecule has 0 aliphatic rings. The molecule has 2 nitrogen and oxygen atoms in total. The summed E-state index contributed by atoms with van der Waals surface area (Å²) in [6, 6.07) is 2.89. The minimum atomic E-state index is 0.698. The van der Waals surface area contributed by atoms with Gasteiger partial charge in [0.25, 0.3) is 0 Å². The zero-order valence-corrected chi connectivity index (χ0v) is 14.8. The Morgan fingerprint density at radius 2 is 2.16 bits per heavy atom. The monoisotopic (exact) mass is 346 g/mol. The molecular weight excluding hydrogens is 320 g/mol. The Kier molecular flexibility index (Phi) is 8.95. The Hall–Kier alpha value is 0.1000.